The highest BCUT2D eigenvalue weighted by atomic mass is 16.3. The summed E-state index contributed by atoms with van der Waals surface area (Å²) in [6, 6.07) is 11.3. The van der Waals surface area contributed by atoms with Gasteiger partial charge in [0.1, 0.15) is 0 Å². The molecular formula is C19H29NO. The van der Waals surface area contributed by atoms with Crippen molar-refractivity contribution in [3.63, 3.8) is 0 Å². The molecule has 1 aliphatic carbocycles. The first kappa shape index (κ1) is 15.1. The van der Waals surface area contributed by atoms with Crippen LogP contribution in [0.1, 0.15) is 56.9 Å². The molecule has 1 saturated heterocycles. The van der Waals surface area contributed by atoms with Crippen molar-refractivity contribution in [3.8, 4) is 0 Å². The molecule has 21 heavy (non-hydrogen) atoms. The zero-order chi connectivity index (χ0) is 14.7. The van der Waals surface area contributed by atoms with Crippen molar-refractivity contribution >= 4 is 0 Å². The summed E-state index contributed by atoms with van der Waals surface area (Å²) in [7, 11) is 0. The van der Waals surface area contributed by atoms with Gasteiger partial charge in [0.15, 0.2) is 0 Å². The first-order valence-corrected chi connectivity index (χ1v) is 8.75. The number of likely N-dealkylation sites (tertiary alicyclic amines) is 1. The molecule has 1 aliphatic heterocycles. The summed E-state index contributed by atoms with van der Waals surface area (Å²) in [5.41, 5.74) is 1.46. The van der Waals surface area contributed by atoms with Crippen LogP contribution in [0.15, 0.2) is 30.3 Å². The minimum Gasteiger partial charge on any atom is -0.391 e. The third kappa shape index (κ3) is 3.49. The third-order valence-electron chi connectivity index (χ3n) is 5.54. The van der Waals surface area contributed by atoms with Crippen molar-refractivity contribution in [1.82, 2.24) is 4.90 Å². The number of nitrogens with zero attached hydrogens (tertiary/aromatic N) is 1. The predicted molar refractivity (Wildman–Crippen MR) is 87.4 cm³/mol. The Bertz CT molecular complexity index is 432. The maximum atomic E-state index is 10.5. The first-order valence-electron chi connectivity index (χ1n) is 8.75. The second-order valence-electron chi connectivity index (χ2n) is 6.99. The van der Waals surface area contributed by atoms with Gasteiger partial charge in [-0.25, -0.2) is 0 Å². The van der Waals surface area contributed by atoms with Crippen LogP contribution < -0.4 is 0 Å². The van der Waals surface area contributed by atoms with Crippen LogP contribution in [0.3, 0.4) is 0 Å². The summed E-state index contributed by atoms with van der Waals surface area (Å²) in [6.07, 6.45) is 7.06. The predicted octanol–water partition coefficient (Wildman–Crippen LogP) is 3.81. The van der Waals surface area contributed by atoms with Crippen molar-refractivity contribution in [1.29, 1.82) is 0 Å². The van der Waals surface area contributed by atoms with Crippen molar-refractivity contribution in [2.24, 2.45) is 5.92 Å². The van der Waals surface area contributed by atoms with Gasteiger partial charge < -0.3 is 5.11 Å². The lowest BCUT2D eigenvalue weighted by atomic mass is 9.79. The maximum Gasteiger partial charge on any atom is 0.0695 e. The fraction of sp³-hybridized carbons (Fsp3) is 0.684. The number of benzene rings is 1. The molecule has 2 aliphatic rings. The van der Waals surface area contributed by atoms with Crippen molar-refractivity contribution < 1.29 is 5.11 Å². The molecule has 4 atom stereocenters. The van der Waals surface area contributed by atoms with E-state index in [4.69, 9.17) is 0 Å². The van der Waals surface area contributed by atoms with Gasteiger partial charge in [-0.3, -0.25) is 4.90 Å². The lowest BCUT2D eigenvalue weighted by molar-refractivity contribution is 0.0226. The number of aliphatic hydroxyl groups is 1. The molecule has 1 saturated carbocycles. The van der Waals surface area contributed by atoms with Gasteiger partial charge in [0, 0.05) is 12.6 Å². The average Bonchev–Trinajstić information content (AvgIpc) is 2.97. The van der Waals surface area contributed by atoms with Gasteiger partial charge in [-0.15, -0.1) is 0 Å². The van der Waals surface area contributed by atoms with Gasteiger partial charge in [0.05, 0.1) is 6.10 Å². The smallest absolute Gasteiger partial charge is 0.0695 e. The van der Waals surface area contributed by atoms with Crippen LogP contribution in [-0.2, 0) is 0 Å². The van der Waals surface area contributed by atoms with Crippen molar-refractivity contribution in [3.05, 3.63) is 35.9 Å². The van der Waals surface area contributed by atoms with Crippen LogP contribution in [0, 0.1) is 5.92 Å². The highest BCUT2D eigenvalue weighted by Crippen LogP contribution is 2.37. The fourth-order valence-corrected chi connectivity index (χ4v) is 4.36. The second-order valence-corrected chi connectivity index (χ2v) is 6.99. The molecule has 0 bridgehead atoms. The molecule has 2 fully saturated rings. The molecule has 3 rings (SSSR count). The number of hydrogen-bond donors (Lipinski definition) is 1. The van der Waals surface area contributed by atoms with E-state index in [1.54, 1.807) is 0 Å². The SMILES string of the molecule is CCCC1CCN(C2CC(c3ccccc3)CCC2O)C1. The van der Waals surface area contributed by atoms with Crippen LogP contribution in [0.5, 0.6) is 0 Å². The Labute approximate surface area is 129 Å². The molecule has 116 valence electrons. The minimum absolute atomic E-state index is 0.120. The third-order valence-corrected chi connectivity index (χ3v) is 5.54. The van der Waals surface area contributed by atoms with Gasteiger partial charge in [0.2, 0.25) is 0 Å². The molecule has 4 unspecified atom stereocenters. The molecule has 2 heteroatoms. The van der Waals surface area contributed by atoms with E-state index in [1.165, 1.54) is 37.9 Å². The van der Waals surface area contributed by atoms with Crippen LogP contribution >= 0.6 is 0 Å². The van der Waals surface area contributed by atoms with Crippen LogP contribution in [0.4, 0.5) is 0 Å². The molecule has 0 amide bonds. The van der Waals surface area contributed by atoms with Gasteiger partial charge in [-0.2, -0.15) is 0 Å². The summed E-state index contributed by atoms with van der Waals surface area (Å²) in [5, 5.41) is 10.5. The highest BCUT2D eigenvalue weighted by molar-refractivity contribution is 5.20. The van der Waals surface area contributed by atoms with E-state index in [9.17, 15) is 5.11 Å². The minimum atomic E-state index is -0.120. The van der Waals surface area contributed by atoms with Crippen molar-refractivity contribution in [2.45, 2.75) is 63.5 Å². The molecule has 2 nitrogen and oxygen atoms in total. The fourth-order valence-electron chi connectivity index (χ4n) is 4.36. The molecule has 1 heterocycles. The Morgan fingerprint density at radius 1 is 1.14 bits per heavy atom. The number of hydrogen-bond acceptors (Lipinski definition) is 2. The van der Waals surface area contributed by atoms with E-state index in [0.29, 0.717) is 12.0 Å². The normalized spacial score (nSPS) is 34.2. The molecule has 0 radical (unpaired) electrons. The lowest BCUT2D eigenvalue weighted by Crippen LogP contribution is -2.46. The summed E-state index contributed by atoms with van der Waals surface area (Å²) in [4.78, 5) is 2.58. The van der Waals surface area contributed by atoms with E-state index in [2.05, 4.69) is 42.2 Å². The summed E-state index contributed by atoms with van der Waals surface area (Å²) in [6.45, 7) is 4.68. The lowest BCUT2D eigenvalue weighted by Gasteiger charge is -2.39. The first-order chi connectivity index (χ1) is 10.3. The summed E-state index contributed by atoms with van der Waals surface area (Å²) in [5.74, 6) is 1.49. The van der Waals surface area contributed by atoms with E-state index in [1.807, 2.05) is 0 Å². The van der Waals surface area contributed by atoms with Gasteiger partial charge in [-0.05, 0) is 56.0 Å². The Morgan fingerprint density at radius 2 is 1.95 bits per heavy atom. The van der Waals surface area contributed by atoms with Crippen LogP contribution in [0.2, 0.25) is 0 Å². The second kappa shape index (κ2) is 6.93. The van der Waals surface area contributed by atoms with Gasteiger partial charge in [-0.1, -0.05) is 43.7 Å². The molecular weight excluding hydrogens is 258 g/mol. The quantitative estimate of drug-likeness (QED) is 0.910. The Kier molecular flexibility index (Phi) is 4.97. The molecule has 1 aromatic carbocycles. The van der Waals surface area contributed by atoms with Gasteiger partial charge in [0.25, 0.3) is 0 Å². The Morgan fingerprint density at radius 3 is 2.71 bits per heavy atom. The van der Waals surface area contributed by atoms with Gasteiger partial charge >= 0.3 is 0 Å². The molecule has 0 aromatic heterocycles. The standard InChI is InChI=1S/C19H29NO/c1-2-6-15-11-12-20(14-15)18-13-17(9-10-19(18)21)16-7-4-3-5-8-16/h3-5,7-8,15,17-19,21H,2,6,9-14H2,1H3. The number of aliphatic hydroxyl groups excluding tert-OH is 1. The summed E-state index contributed by atoms with van der Waals surface area (Å²) >= 11 is 0. The topological polar surface area (TPSA) is 23.5 Å². The average molecular weight is 287 g/mol. The van der Waals surface area contributed by atoms with E-state index >= 15 is 0 Å². The summed E-state index contributed by atoms with van der Waals surface area (Å²) < 4.78 is 0. The zero-order valence-electron chi connectivity index (χ0n) is 13.2. The van der Waals surface area contributed by atoms with E-state index < -0.39 is 0 Å². The maximum absolute atomic E-state index is 10.5. The molecule has 0 spiro atoms. The van der Waals surface area contributed by atoms with E-state index in [0.717, 1.165) is 25.2 Å². The highest BCUT2D eigenvalue weighted by Gasteiger charge is 2.36. The van der Waals surface area contributed by atoms with Crippen molar-refractivity contribution in [2.75, 3.05) is 13.1 Å². The Balaban J connectivity index is 1.64. The Hall–Kier alpha value is -0.860. The van der Waals surface area contributed by atoms with E-state index in [-0.39, 0.29) is 6.10 Å². The van der Waals surface area contributed by atoms with Crippen LogP contribution in [-0.4, -0.2) is 35.2 Å². The van der Waals surface area contributed by atoms with Crippen LogP contribution in [0.25, 0.3) is 0 Å². The molecule has 1 aromatic rings. The largest absolute Gasteiger partial charge is 0.391 e. The zero-order valence-corrected chi connectivity index (χ0v) is 13.2. The number of rotatable bonds is 4. The monoisotopic (exact) mass is 287 g/mol. The molecule has 1 N–H and O–H groups in total.